The van der Waals surface area contributed by atoms with Crippen molar-refractivity contribution in [3.8, 4) is 0 Å². The Hall–Kier alpha value is 0.124. The van der Waals surface area contributed by atoms with Crippen LogP contribution in [0, 0.1) is 18.3 Å². The maximum Gasteiger partial charge on any atom is 0 e. The number of benzene rings is 1. The van der Waals surface area contributed by atoms with Gasteiger partial charge in [-0.1, -0.05) is 107 Å². The summed E-state index contributed by atoms with van der Waals surface area (Å²) in [5.74, 6) is 2.13. The Morgan fingerprint density at radius 2 is 1.42 bits per heavy atom. The molecule has 3 aliphatic rings. The van der Waals surface area contributed by atoms with Gasteiger partial charge < -0.3 is 11.7 Å². The molecule has 1 aromatic carbocycles. The molecule has 4 rings (SSSR count). The summed E-state index contributed by atoms with van der Waals surface area (Å²) in [5.41, 5.74) is 1.15. The van der Waals surface area contributed by atoms with Gasteiger partial charge in [-0.2, -0.15) is 12.3 Å². The van der Waals surface area contributed by atoms with Crippen molar-refractivity contribution in [2.75, 3.05) is 0 Å². The molecule has 0 bridgehead atoms. The van der Waals surface area contributed by atoms with E-state index < -0.39 is 0 Å². The van der Waals surface area contributed by atoms with E-state index in [4.69, 9.17) is 5.32 Å². The maximum atomic E-state index is 4.72. The molecule has 0 N–H and O–H groups in total. The van der Waals surface area contributed by atoms with Crippen molar-refractivity contribution in [3.05, 3.63) is 42.1 Å². The van der Waals surface area contributed by atoms with Gasteiger partial charge >= 0.3 is 0 Å². The minimum absolute atomic E-state index is 0. The van der Waals surface area contributed by atoms with Crippen LogP contribution < -0.4 is 0 Å². The average Bonchev–Trinajstić information content (AvgIpc) is 2.64. The number of hydrogen-bond donors (Lipinski definition) is 0. The molecule has 24 heavy (non-hydrogen) atoms. The molecule has 3 saturated carbocycles. The molecule has 0 aromatic heterocycles. The third-order valence-electron chi connectivity index (χ3n) is 5.88. The summed E-state index contributed by atoms with van der Waals surface area (Å²) in [6.45, 7) is 0. The van der Waals surface area contributed by atoms with Gasteiger partial charge in [0.25, 0.3) is 0 Å². The van der Waals surface area contributed by atoms with E-state index in [1.165, 1.54) is 77.0 Å². The summed E-state index contributed by atoms with van der Waals surface area (Å²) < 4.78 is 0. The van der Waals surface area contributed by atoms with Gasteiger partial charge in [-0.05, 0) is 0 Å². The number of fused-ring (bicyclic) bond motifs is 1. The first-order chi connectivity index (χ1) is 11.4. The van der Waals surface area contributed by atoms with E-state index >= 15 is 0 Å². The fraction of sp³-hybridized carbons (Fsp3) is 0.682. The van der Waals surface area contributed by atoms with E-state index in [1.807, 2.05) is 6.07 Å². The van der Waals surface area contributed by atoms with Crippen LogP contribution in [0.1, 0.15) is 77.0 Å². The molecule has 2 atom stereocenters. The SMILES string of the molecule is [CH-]1CCC[C@H]2CCCCC12.[Y].c1ccc([N-]C2CCCCC2)cc1. The summed E-state index contributed by atoms with van der Waals surface area (Å²) in [5, 5.41) is 4.72. The zero-order valence-electron chi connectivity index (χ0n) is 15.2. The predicted molar refractivity (Wildman–Crippen MR) is 99.9 cm³/mol. The van der Waals surface area contributed by atoms with Crippen LogP contribution in [0.25, 0.3) is 5.32 Å². The van der Waals surface area contributed by atoms with E-state index in [0.717, 1.165) is 17.5 Å². The van der Waals surface area contributed by atoms with Crippen LogP contribution in [0.2, 0.25) is 0 Å². The first kappa shape index (κ1) is 20.4. The molecule has 1 nitrogen and oxygen atoms in total. The summed E-state index contributed by atoms with van der Waals surface area (Å²) in [6, 6.07) is 10.9. The molecule has 0 amide bonds. The third-order valence-corrected chi connectivity index (χ3v) is 5.88. The smallest absolute Gasteiger partial charge is 0 e. The molecule has 0 heterocycles. The van der Waals surface area contributed by atoms with Crippen LogP contribution in [0.15, 0.2) is 30.3 Å². The van der Waals surface area contributed by atoms with Gasteiger partial charge in [0.2, 0.25) is 0 Å². The molecule has 2 heteroatoms. The molecule has 1 aromatic rings. The summed E-state index contributed by atoms with van der Waals surface area (Å²) >= 11 is 0. The molecular formula is C22H33NY-2. The predicted octanol–water partition coefficient (Wildman–Crippen LogP) is 7.20. The Kier molecular flexibility index (Phi) is 9.95. The molecule has 0 aliphatic heterocycles. The summed E-state index contributed by atoms with van der Waals surface area (Å²) in [6.07, 6.45) is 19.7. The molecular weight excluding hydrogens is 367 g/mol. The molecule has 0 saturated heterocycles. The normalized spacial score (nSPS) is 27.0. The zero-order chi connectivity index (χ0) is 15.7. The van der Waals surface area contributed by atoms with Gasteiger partial charge in [-0.25, -0.2) is 0 Å². The van der Waals surface area contributed by atoms with E-state index in [1.54, 1.807) is 0 Å². The van der Waals surface area contributed by atoms with Crippen molar-refractivity contribution in [2.45, 2.75) is 83.1 Å². The topological polar surface area (TPSA) is 14.1 Å². The standard InChI is InChI=1S/C12H16N.C10H17.Y/c1-3-7-11(8-4-1)13-12-9-5-2-6-10-12;1-2-6-10-8-4-3-7-9(10)5-1;/h1,3-4,7-8,12H,2,5-6,9-10H2;5,9-10H,1-4,6-8H2;/q2*-1;/t;9?,10-;/m.0./s1. The van der Waals surface area contributed by atoms with E-state index in [0.29, 0.717) is 6.04 Å². The molecule has 1 radical (unpaired) electrons. The average molecular weight is 400 g/mol. The van der Waals surface area contributed by atoms with E-state index in [2.05, 4.69) is 30.7 Å². The van der Waals surface area contributed by atoms with Crippen LogP contribution in [-0.2, 0) is 32.7 Å². The Bertz CT molecular complexity index is 401. The van der Waals surface area contributed by atoms with Crippen molar-refractivity contribution in [3.63, 3.8) is 0 Å². The molecule has 1 unspecified atom stereocenters. The Morgan fingerprint density at radius 1 is 0.750 bits per heavy atom. The second kappa shape index (κ2) is 11.7. The van der Waals surface area contributed by atoms with Gasteiger partial charge in [-0.15, -0.1) is 11.7 Å². The fourth-order valence-electron chi connectivity index (χ4n) is 4.55. The van der Waals surface area contributed by atoms with Gasteiger partial charge in [-0.3, -0.25) is 0 Å². The van der Waals surface area contributed by atoms with E-state index in [9.17, 15) is 0 Å². The van der Waals surface area contributed by atoms with Gasteiger partial charge in [0.05, 0.1) is 0 Å². The first-order valence-corrected chi connectivity index (χ1v) is 10.0. The van der Waals surface area contributed by atoms with Crippen LogP contribution in [0.4, 0.5) is 5.69 Å². The Balaban J connectivity index is 0.000000172. The summed E-state index contributed by atoms with van der Waals surface area (Å²) in [7, 11) is 0. The number of hydrogen-bond acceptors (Lipinski definition) is 0. The largest absolute Gasteiger partial charge is 0.682 e. The van der Waals surface area contributed by atoms with Gasteiger partial charge in [0.15, 0.2) is 0 Å². The molecule has 0 spiro atoms. The number of rotatable bonds is 2. The monoisotopic (exact) mass is 400 g/mol. The quantitative estimate of drug-likeness (QED) is 0.466. The van der Waals surface area contributed by atoms with Crippen molar-refractivity contribution < 1.29 is 32.7 Å². The van der Waals surface area contributed by atoms with Crippen LogP contribution >= 0.6 is 0 Å². The molecule has 3 aliphatic carbocycles. The van der Waals surface area contributed by atoms with Crippen LogP contribution in [0.5, 0.6) is 0 Å². The second-order valence-corrected chi connectivity index (χ2v) is 7.63. The third kappa shape index (κ3) is 6.79. The Morgan fingerprint density at radius 3 is 2.17 bits per heavy atom. The van der Waals surface area contributed by atoms with Gasteiger partial charge in [0, 0.05) is 32.7 Å². The minimum Gasteiger partial charge on any atom is -0.682 e. The van der Waals surface area contributed by atoms with Crippen LogP contribution in [-0.4, -0.2) is 6.04 Å². The second-order valence-electron chi connectivity index (χ2n) is 7.63. The van der Waals surface area contributed by atoms with Crippen molar-refractivity contribution in [1.82, 2.24) is 0 Å². The fourth-order valence-corrected chi connectivity index (χ4v) is 4.55. The van der Waals surface area contributed by atoms with Crippen molar-refractivity contribution >= 4 is 5.69 Å². The molecule has 3 fully saturated rings. The first-order valence-electron chi connectivity index (χ1n) is 10.0. The van der Waals surface area contributed by atoms with E-state index in [-0.39, 0.29) is 32.7 Å². The van der Waals surface area contributed by atoms with Crippen molar-refractivity contribution in [2.24, 2.45) is 11.8 Å². The number of para-hydroxylation sites is 1. The Labute approximate surface area is 174 Å². The summed E-state index contributed by atoms with van der Waals surface area (Å²) in [4.78, 5) is 0. The maximum absolute atomic E-state index is 4.72. The van der Waals surface area contributed by atoms with Crippen molar-refractivity contribution in [1.29, 1.82) is 0 Å². The number of nitrogens with zero attached hydrogens (tertiary/aromatic N) is 1. The molecule has 131 valence electrons. The minimum atomic E-state index is 0. The zero-order valence-corrected chi connectivity index (χ0v) is 18.0. The van der Waals surface area contributed by atoms with Crippen LogP contribution in [0.3, 0.4) is 0 Å². The van der Waals surface area contributed by atoms with Gasteiger partial charge in [0.1, 0.15) is 0 Å².